The molecule has 0 N–H and O–H groups in total. The van der Waals surface area contributed by atoms with Gasteiger partial charge in [0.2, 0.25) is 0 Å². The van der Waals surface area contributed by atoms with Gasteiger partial charge < -0.3 is 0 Å². The third-order valence-electron chi connectivity index (χ3n) is 0.775. The summed E-state index contributed by atoms with van der Waals surface area (Å²) in [7, 11) is 0. The molecule has 0 atom stereocenters. The fourth-order valence-electron chi connectivity index (χ4n) is 0.173. The van der Waals surface area contributed by atoms with Crippen molar-refractivity contribution < 1.29 is 18.9 Å². The predicted octanol–water partition coefficient (Wildman–Crippen LogP) is -3.31. The Labute approximate surface area is 70.4 Å². The van der Waals surface area contributed by atoms with Gasteiger partial charge in [-0.15, -0.1) is 23.9 Å². The molecule has 10 heavy (non-hydrogen) atoms. The number of rotatable bonds is 0. The van der Waals surface area contributed by atoms with Crippen molar-refractivity contribution >= 4 is 6.15 Å². The Bertz CT molecular complexity index is 210. The van der Waals surface area contributed by atoms with E-state index in [4.69, 9.17) is 21.0 Å². The summed E-state index contributed by atoms with van der Waals surface area (Å²) in [6, 6.07) is 0. The summed E-state index contributed by atoms with van der Waals surface area (Å²) in [5.41, 5.74) is 0. The molecule has 0 bridgehead atoms. The van der Waals surface area contributed by atoms with Gasteiger partial charge in [0, 0.05) is 0 Å². The Hall–Kier alpha value is -1.38. The first-order valence-corrected chi connectivity index (χ1v) is 2.05. The summed E-state index contributed by atoms with van der Waals surface area (Å²) >= 11 is 0. The van der Waals surface area contributed by atoms with E-state index in [1.165, 1.54) is 23.9 Å². The van der Waals surface area contributed by atoms with Crippen molar-refractivity contribution in [3.05, 3.63) is 0 Å². The molecule has 0 aromatic rings. The van der Waals surface area contributed by atoms with Crippen LogP contribution in [-0.2, 0) is 0 Å². The topological polar surface area (TPSA) is 95.2 Å². The second kappa shape index (κ2) is 4.50. The summed E-state index contributed by atoms with van der Waals surface area (Å²) in [5, 5.41) is 32.3. The molecule has 0 unspecified atom stereocenters. The van der Waals surface area contributed by atoms with Crippen LogP contribution in [0.1, 0.15) is 0 Å². The summed E-state index contributed by atoms with van der Waals surface area (Å²) < 4.78 is 0. The summed E-state index contributed by atoms with van der Waals surface area (Å²) in [5.74, 6) is 5.38. The first-order chi connectivity index (χ1) is 4.24. The molecule has 0 saturated carbocycles. The van der Waals surface area contributed by atoms with Crippen molar-refractivity contribution in [2.24, 2.45) is 0 Å². The molecule has 0 spiro atoms. The molecule has 0 aromatic carbocycles. The number of nitrogens with zero attached hydrogens (tertiary/aromatic N) is 4. The zero-order valence-electron chi connectivity index (χ0n) is 5.37. The molecule has 0 aromatic heterocycles. The first kappa shape index (κ1) is 11.4. The maximum absolute atomic E-state index is 8.09. The van der Waals surface area contributed by atoms with E-state index in [-0.39, 0.29) is 18.9 Å². The van der Waals surface area contributed by atoms with Crippen molar-refractivity contribution in [1.82, 2.24) is 0 Å². The van der Waals surface area contributed by atoms with Gasteiger partial charge in [-0.3, -0.25) is 0 Å². The van der Waals surface area contributed by atoms with Crippen molar-refractivity contribution in [1.29, 1.82) is 21.0 Å². The molecule has 0 saturated heterocycles. The van der Waals surface area contributed by atoms with Gasteiger partial charge in [-0.05, 0) is 0 Å². The van der Waals surface area contributed by atoms with E-state index in [0.29, 0.717) is 0 Å². The van der Waals surface area contributed by atoms with E-state index in [1.54, 1.807) is 0 Å². The maximum atomic E-state index is 8.09. The third-order valence-corrected chi connectivity index (χ3v) is 0.775. The fraction of sp³-hybridized carbons (Fsp3) is 0. The third kappa shape index (κ3) is 1.86. The first-order valence-electron chi connectivity index (χ1n) is 2.05. The van der Waals surface area contributed by atoms with Gasteiger partial charge in [-0.2, -0.15) is 0 Å². The maximum Gasteiger partial charge on any atom is 1.00 e. The van der Waals surface area contributed by atoms with E-state index in [2.05, 4.69) is 0 Å². The standard InChI is InChI=1S/C4BN4.Li/c6-1-5(2-7,3-8)4-9;/q-1;+1. The van der Waals surface area contributed by atoms with E-state index < -0.39 is 6.15 Å². The van der Waals surface area contributed by atoms with Crippen LogP contribution in [0, 0.1) is 44.9 Å². The molecule has 0 aliphatic rings. The smallest absolute Gasteiger partial charge is 0.245 e. The van der Waals surface area contributed by atoms with E-state index in [1.807, 2.05) is 0 Å². The molecular weight excluding hydrogens is 122 g/mol. The molecule has 0 aliphatic heterocycles. The van der Waals surface area contributed by atoms with Crippen molar-refractivity contribution in [2.75, 3.05) is 0 Å². The molecule has 4 nitrogen and oxygen atoms in total. The summed E-state index contributed by atoms with van der Waals surface area (Å²) in [6.45, 7) is 0. The minimum Gasteiger partial charge on any atom is -0.245 e. The average Bonchev–Trinajstić information content (AvgIpc) is 1.95. The summed E-state index contributed by atoms with van der Waals surface area (Å²) in [4.78, 5) is 0. The normalized spacial score (nSPS) is 6.80. The van der Waals surface area contributed by atoms with E-state index in [9.17, 15) is 0 Å². The molecule has 0 amide bonds. The van der Waals surface area contributed by atoms with Gasteiger partial charge in [-0.25, -0.2) is 21.0 Å². The molecule has 6 heteroatoms. The van der Waals surface area contributed by atoms with Gasteiger partial charge in [0.05, 0.1) is 0 Å². The largest absolute Gasteiger partial charge is 1.00 e. The molecule has 0 rings (SSSR count). The Morgan fingerprint density at radius 1 is 0.700 bits per heavy atom. The predicted molar refractivity (Wildman–Crippen MR) is 28.2 cm³/mol. The Morgan fingerprint density at radius 3 is 0.900 bits per heavy atom. The average molecular weight is 122 g/mol. The number of nitriles is 4. The zero-order valence-corrected chi connectivity index (χ0v) is 5.37. The van der Waals surface area contributed by atoms with Crippen LogP contribution >= 0.6 is 0 Å². The zero-order chi connectivity index (χ0) is 7.33. The molecule has 0 heterocycles. The van der Waals surface area contributed by atoms with Gasteiger partial charge >= 0.3 is 25.0 Å². The second-order valence-corrected chi connectivity index (χ2v) is 1.38. The molecule has 0 fully saturated rings. The van der Waals surface area contributed by atoms with Crippen LogP contribution in [0.3, 0.4) is 0 Å². The minimum atomic E-state index is -2.72. The van der Waals surface area contributed by atoms with Crippen LogP contribution in [-0.4, -0.2) is 6.15 Å². The van der Waals surface area contributed by atoms with Crippen LogP contribution in [0.15, 0.2) is 0 Å². The van der Waals surface area contributed by atoms with Crippen LogP contribution in [0.2, 0.25) is 0 Å². The Kier molecular flexibility index (Phi) is 5.14. The Balaban J connectivity index is 0. The molecule has 0 radical (unpaired) electrons. The SMILES string of the molecule is N#C[B-](C#N)(C#N)C#N.[Li+]. The fourth-order valence-corrected chi connectivity index (χ4v) is 0.173. The van der Waals surface area contributed by atoms with Gasteiger partial charge in [-0.1, -0.05) is 0 Å². The molecule has 40 valence electrons. The van der Waals surface area contributed by atoms with E-state index in [0.717, 1.165) is 0 Å². The molecular formula is C4BLiN4. The summed E-state index contributed by atoms with van der Waals surface area (Å²) in [6.07, 6.45) is -2.72. The second-order valence-electron chi connectivity index (χ2n) is 1.38. The monoisotopic (exact) mass is 122 g/mol. The van der Waals surface area contributed by atoms with Gasteiger partial charge in [0.15, 0.2) is 0 Å². The quantitative estimate of drug-likeness (QED) is 0.314. The molecule has 0 aliphatic carbocycles. The van der Waals surface area contributed by atoms with E-state index >= 15 is 0 Å². The van der Waals surface area contributed by atoms with Crippen molar-refractivity contribution in [3.8, 4) is 23.9 Å². The van der Waals surface area contributed by atoms with Crippen molar-refractivity contribution in [3.63, 3.8) is 0 Å². The van der Waals surface area contributed by atoms with Crippen LogP contribution in [0.25, 0.3) is 0 Å². The Morgan fingerprint density at radius 2 is 0.900 bits per heavy atom. The number of hydrogen-bond donors (Lipinski definition) is 0. The van der Waals surface area contributed by atoms with Crippen LogP contribution < -0.4 is 18.9 Å². The van der Waals surface area contributed by atoms with Crippen LogP contribution in [0.5, 0.6) is 0 Å². The van der Waals surface area contributed by atoms with Gasteiger partial charge in [0.1, 0.15) is 0 Å². The van der Waals surface area contributed by atoms with Gasteiger partial charge in [0.25, 0.3) is 0 Å². The van der Waals surface area contributed by atoms with Crippen molar-refractivity contribution in [2.45, 2.75) is 0 Å². The van der Waals surface area contributed by atoms with Crippen LogP contribution in [0.4, 0.5) is 0 Å². The number of hydrogen-bond acceptors (Lipinski definition) is 4. The minimum absolute atomic E-state index is 0.